The molecule has 1 atom stereocenters. The lowest BCUT2D eigenvalue weighted by atomic mass is 9.82. The van der Waals surface area contributed by atoms with E-state index < -0.39 is 17.9 Å². The molecule has 1 heterocycles. The van der Waals surface area contributed by atoms with Gasteiger partial charge in [0.2, 0.25) is 0 Å². The quantitative estimate of drug-likeness (QED) is 0.511. The molecule has 7 heteroatoms. The predicted molar refractivity (Wildman–Crippen MR) is 112 cm³/mol. The number of pyridine rings is 1. The molecule has 0 spiro atoms. The van der Waals surface area contributed by atoms with Crippen LogP contribution in [0.25, 0.3) is 0 Å². The molecular weight excluding hydrogens is 368 g/mol. The fraction of sp³-hybridized carbons (Fsp3) is 0.364. The molecule has 0 bridgehead atoms. The number of nitrogens with one attached hydrogen (secondary N) is 1. The van der Waals surface area contributed by atoms with E-state index in [0.29, 0.717) is 23.0 Å². The second-order valence-electron chi connectivity index (χ2n) is 7.36. The van der Waals surface area contributed by atoms with Gasteiger partial charge in [-0.2, -0.15) is 0 Å². The molecule has 1 aliphatic rings. The number of carboxylic acids is 1. The molecule has 1 aromatic heterocycles. The maximum absolute atomic E-state index is 12.3. The number of anilines is 1. The predicted octanol–water partition coefficient (Wildman–Crippen LogP) is 3.57. The average molecular weight is 394 g/mol. The van der Waals surface area contributed by atoms with Crippen LogP contribution in [0.1, 0.15) is 54.9 Å². The fourth-order valence-electron chi connectivity index (χ4n) is 3.57. The number of hydrogen-bond acceptors (Lipinski definition) is 5. The topological polar surface area (TPSA) is 118 Å². The van der Waals surface area contributed by atoms with Gasteiger partial charge in [0.1, 0.15) is 6.04 Å². The Kier molecular flexibility index (Phi) is 6.59. The molecule has 1 aliphatic carbocycles. The number of carbonyl (C=O) groups excluding carboxylic acids is 1. The smallest absolute Gasteiger partial charge is 0.325 e. The number of carboxylic acid groups (broad SMARTS) is 1. The van der Waals surface area contributed by atoms with Gasteiger partial charge in [-0.15, -0.1) is 0 Å². The first kappa shape index (κ1) is 20.5. The van der Waals surface area contributed by atoms with Crippen molar-refractivity contribution in [2.45, 2.75) is 45.1 Å². The van der Waals surface area contributed by atoms with E-state index in [2.05, 4.69) is 10.3 Å². The standard InChI is InChI=1S/C22H26N4O3/c1-14(22(28)29)25-21(27)16-10-11-17(18(23)13-16)20(15-7-3-2-4-8-15)26-19-9-5-6-12-24-19/h5-6,9-15H,2-4,7-8,23H2,1H3,(H,25,27)(H,28,29). The number of amides is 1. The molecule has 7 nitrogen and oxygen atoms in total. The van der Waals surface area contributed by atoms with Crippen LogP contribution in [-0.2, 0) is 4.79 Å². The first-order valence-electron chi connectivity index (χ1n) is 9.89. The molecule has 1 amide bonds. The first-order valence-corrected chi connectivity index (χ1v) is 9.89. The van der Waals surface area contributed by atoms with Crippen molar-refractivity contribution in [1.82, 2.24) is 10.3 Å². The Hall–Kier alpha value is -3.22. The van der Waals surface area contributed by atoms with E-state index in [9.17, 15) is 9.59 Å². The van der Waals surface area contributed by atoms with Gasteiger partial charge >= 0.3 is 5.97 Å². The Morgan fingerprint density at radius 3 is 2.59 bits per heavy atom. The second kappa shape index (κ2) is 9.32. The van der Waals surface area contributed by atoms with Crippen molar-refractivity contribution in [3.8, 4) is 0 Å². The minimum Gasteiger partial charge on any atom is -0.480 e. The summed E-state index contributed by atoms with van der Waals surface area (Å²) in [5, 5.41) is 11.4. The first-order chi connectivity index (χ1) is 14.0. The Bertz CT molecular complexity index is 906. The Morgan fingerprint density at radius 1 is 1.21 bits per heavy atom. The highest BCUT2D eigenvalue weighted by atomic mass is 16.4. The van der Waals surface area contributed by atoms with E-state index in [4.69, 9.17) is 15.8 Å². The van der Waals surface area contributed by atoms with Crippen LogP contribution in [0, 0.1) is 5.92 Å². The van der Waals surface area contributed by atoms with E-state index in [1.54, 1.807) is 24.4 Å². The fourth-order valence-corrected chi connectivity index (χ4v) is 3.57. The summed E-state index contributed by atoms with van der Waals surface area (Å²) in [7, 11) is 0. The van der Waals surface area contributed by atoms with Gasteiger partial charge in [0.25, 0.3) is 5.91 Å². The Morgan fingerprint density at radius 2 is 1.97 bits per heavy atom. The van der Waals surface area contributed by atoms with Crippen LogP contribution in [0.15, 0.2) is 47.6 Å². The molecule has 0 radical (unpaired) electrons. The number of nitrogens with two attached hydrogens (primary N) is 1. The molecule has 1 saturated carbocycles. The summed E-state index contributed by atoms with van der Waals surface area (Å²) >= 11 is 0. The zero-order valence-electron chi connectivity index (χ0n) is 16.5. The number of aliphatic carboxylic acids is 1. The van der Waals surface area contributed by atoms with Crippen molar-refractivity contribution in [2.24, 2.45) is 10.9 Å². The van der Waals surface area contributed by atoms with Gasteiger partial charge in [0.05, 0.1) is 5.71 Å². The minimum absolute atomic E-state index is 0.291. The third-order valence-electron chi connectivity index (χ3n) is 5.18. The highest BCUT2D eigenvalue weighted by molar-refractivity contribution is 6.08. The third kappa shape index (κ3) is 5.19. The highest BCUT2D eigenvalue weighted by Crippen LogP contribution is 2.31. The van der Waals surface area contributed by atoms with Crippen LogP contribution in [0.5, 0.6) is 0 Å². The number of nitrogens with zero attached hydrogens (tertiary/aromatic N) is 2. The molecule has 3 rings (SSSR count). The largest absolute Gasteiger partial charge is 0.480 e. The summed E-state index contributed by atoms with van der Waals surface area (Å²) in [4.78, 5) is 32.4. The molecular formula is C22H26N4O3. The summed E-state index contributed by atoms with van der Waals surface area (Å²) in [5.74, 6) is -0.645. The lowest BCUT2D eigenvalue weighted by molar-refractivity contribution is -0.138. The zero-order chi connectivity index (χ0) is 20.8. The molecule has 1 unspecified atom stereocenters. The third-order valence-corrected chi connectivity index (χ3v) is 5.18. The van der Waals surface area contributed by atoms with Crippen molar-refractivity contribution in [3.63, 3.8) is 0 Å². The number of hydrogen-bond donors (Lipinski definition) is 3. The van der Waals surface area contributed by atoms with Crippen LogP contribution < -0.4 is 11.1 Å². The van der Waals surface area contributed by atoms with E-state index in [0.717, 1.165) is 37.0 Å². The number of aliphatic imine (C=N–C) groups is 1. The van der Waals surface area contributed by atoms with Gasteiger partial charge in [-0.05, 0) is 44.0 Å². The Balaban J connectivity index is 1.93. The van der Waals surface area contributed by atoms with Crippen LogP contribution in [0.2, 0.25) is 0 Å². The second-order valence-corrected chi connectivity index (χ2v) is 7.36. The van der Waals surface area contributed by atoms with E-state index in [-0.39, 0.29) is 0 Å². The van der Waals surface area contributed by atoms with E-state index in [1.807, 2.05) is 18.2 Å². The monoisotopic (exact) mass is 394 g/mol. The summed E-state index contributed by atoms with van der Waals surface area (Å²) in [5.41, 5.74) is 8.77. The SMILES string of the molecule is CC(NC(=O)c1ccc(C(=Nc2ccccn2)C2CCCCC2)c(N)c1)C(=O)O. The van der Waals surface area contributed by atoms with Gasteiger partial charge in [-0.25, -0.2) is 9.98 Å². The number of aromatic nitrogens is 1. The van der Waals surface area contributed by atoms with Crippen LogP contribution in [0.3, 0.4) is 0 Å². The summed E-state index contributed by atoms with van der Waals surface area (Å²) in [6, 6.07) is 9.65. The summed E-state index contributed by atoms with van der Waals surface area (Å²) in [6.45, 7) is 1.42. The van der Waals surface area contributed by atoms with Crippen molar-refractivity contribution < 1.29 is 14.7 Å². The van der Waals surface area contributed by atoms with Gasteiger partial charge < -0.3 is 16.2 Å². The van der Waals surface area contributed by atoms with Crippen molar-refractivity contribution in [3.05, 3.63) is 53.7 Å². The van der Waals surface area contributed by atoms with E-state index in [1.165, 1.54) is 13.3 Å². The van der Waals surface area contributed by atoms with Gasteiger partial charge in [-0.1, -0.05) is 31.4 Å². The number of carbonyl (C=O) groups is 2. The van der Waals surface area contributed by atoms with Crippen LogP contribution in [0.4, 0.5) is 11.5 Å². The molecule has 2 aromatic rings. The Labute approximate surface area is 170 Å². The minimum atomic E-state index is -1.09. The lowest BCUT2D eigenvalue weighted by Gasteiger charge is -2.24. The van der Waals surface area contributed by atoms with Crippen molar-refractivity contribution >= 4 is 29.1 Å². The maximum atomic E-state index is 12.3. The number of benzene rings is 1. The van der Waals surface area contributed by atoms with Crippen LogP contribution >= 0.6 is 0 Å². The zero-order valence-corrected chi connectivity index (χ0v) is 16.5. The summed E-state index contributed by atoms with van der Waals surface area (Å²) < 4.78 is 0. The molecule has 29 heavy (non-hydrogen) atoms. The molecule has 152 valence electrons. The maximum Gasteiger partial charge on any atom is 0.325 e. The number of rotatable bonds is 6. The van der Waals surface area contributed by atoms with Crippen molar-refractivity contribution in [2.75, 3.05) is 5.73 Å². The highest BCUT2D eigenvalue weighted by Gasteiger charge is 2.23. The van der Waals surface area contributed by atoms with Gasteiger partial charge in [0, 0.05) is 28.9 Å². The van der Waals surface area contributed by atoms with E-state index >= 15 is 0 Å². The van der Waals surface area contributed by atoms with Gasteiger partial charge in [-0.3, -0.25) is 9.59 Å². The molecule has 1 aromatic carbocycles. The van der Waals surface area contributed by atoms with Crippen LogP contribution in [-0.4, -0.2) is 33.7 Å². The molecule has 4 N–H and O–H groups in total. The normalized spacial score (nSPS) is 16.2. The summed E-state index contributed by atoms with van der Waals surface area (Å²) in [6.07, 6.45) is 7.33. The average Bonchev–Trinajstić information content (AvgIpc) is 2.73. The van der Waals surface area contributed by atoms with Gasteiger partial charge in [0.15, 0.2) is 5.82 Å². The number of nitrogen functional groups attached to an aromatic ring is 1. The molecule has 0 aliphatic heterocycles. The lowest BCUT2D eigenvalue weighted by Crippen LogP contribution is -2.38. The van der Waals surface area contributed by atoms with Crippen molar-refractivity contribution in [1.29, 1.82) is 0 Å². The molecule has 0 saturated heterocycles. The molecule has 1 fully saturated rings.